The Hall–Kier alpha value is -3.74. The Balaban J connectivity index is 1.39. The Bertz CT molecular complexity index is 1140. The van der Waals surface area contributed by atoms with Gasteiger partial charge >= 0.3 is 0 Å². The maximum atomic E-state index is 13.7. The van der Waals surface area contributed by atoms with E-state index in [1.807, 2.05) is 0 Å². The molecule has 0 unspecified atom stereocenters. The number of hydrogen-bond donors (Lipinski definition) is 2. The summed E-state index contributed by atoms with van der Waals surface area (Å²) in [6, 6.07) is 15.2. The molecule has 0 aliphatic carbocycles. The zero-order valence-electron chi connectivity index (χ0n) is 14.6. The molecule has 28 heavy (non-hydrogen) atoms. The van der Waals surface area contributed by atoms with E-state index in [0.29, 0.717) is 22.5 Å². The highest BCUT2D eigenvalue weighted by molar-refractivity contribution is 5.98. The number of fused-ring (bicyclic) bond motifs is 1. The first kappa shape index (κ1) is 17.7. The summed E-state index contributed by atoms with van der Waals surface area (Å²) >= 11 is 0. The smallest absolute Gasteiger partial charge is 0.267 e. The maximum absolute atomic E-state index is 13.7. The van der Waals surface area contributed by atoms with E-state index in [1.165, 1.54) is 24.3 Å². The second kappa shape index (κ2) is 7.48. The molecule has 0 spiro atoms. The number of hydrogen-bond acceptors (Lipinski definition) is 3. The van der Waals surface area contributed by atoms with Crippen LogP contribution in [0.15, 0.2) is 66.9 Å². The molecule has 0 fully saturated rings. The van der Waals surface area contributed by atoms with Gasteiger partial charge in [0.25, 0.3) is 5.91 Å². The summed E-state index contributed by atoms with van der Waals surface area (Å²) in [7, 11) is 0. The lowest BCUT2D eigenvalue weighted by molar-refractivity contribution is 0.0946. The van der Waals surface area contributed by atoms with Crippen LogP contribution in [0.5, 0.6) is 11.6 Å². The molecule has 4 aromatic rings. The van der Waals surface area contributed by atoms with E-state index in [-0.39, 0.29) is 24.0 Å². The topological polar surface area (TPSA) is 67.0 Å². The van der Waals surface area contributed by atoms with Gasteiger partial charge in [-0.05, 0) is 35.9 Å². The van der Waals surface area contributed by atoms with Crippen molar-refractivity contribution in [3.8, 4) is 11.6 Å². The van der Waals surface area contributed by atoms with E-state index >= 15 is 0 Å². The number of H-pyrrole nitrogens is 1. The van der Waals surface area contributed by atoms with Crippen LogP contribution in [0, 0.1) is 11.6 Å². The molecule has 0 bridgehead atoms. The minimum atomic E-state index is -0.395. The summed E-state index contributed by atoms with van der Waals surface area (Å²) in [6.07, 6.45) is 1.56. The third-order valence-electron chi connectivity index (χ3n) is 4.12. The number of pyridine rings is 1. The van der Waals surface area contributed by atoms with Crippen LogP contribution in [0.2, 0.25) is 0 Å². The fourth-order valence-electron chi connectivity index (χ4n) is 2.75. The SMILES string of the molecule is O=C(NCc1ccc(Oc2cccc(F)c2)nc1)c1cc2c(F)cccc2[nH]1. The van der Waals surface area contributed by atoms with Gasteiger partial charge in [0.05, 0.1) is 0 Å². The highest BCUT2D eigenvalue weighted by Gasteiger charge is 2.11. The summed E-state index contributed by atoms with van der Waals surface area (Å²) in [4.78, 5) is 19.3. The van der Waals surface area contributed by atoms with Crippen molar-refractivity contribution in [1.29, 1.82) is 0 Å². The lowest BCUT2D eigenvalue weighted by Gasteiger charge is -2.07. The lowest BCUT2D eigenvalue weighted by atomic mass is 10.2. The van der Waals surface area contributed by atoms with E-state index in [2.05, 4.69) is 15.3 Å². The van der Waals surface area contributed by atoms with Gasteiger partial charge in [0, 0.05) is 35.8 Å². The Morgan fingerprint density at radius 3 is 2.68 bits per heavy atom. The fourth-order valence-corrected chi connectivity index (χ4v) is 2.75. The van der Waals surface area contributed by atoms with Gasteiger partial charge in [-0.1, -0.05) is 18.2 Å². The van der Waals surface area contributed by atoms with Gasteiger partial charge in [-0.3, -0.25) is 4.79 Å². The number of nitrogens with one attached hydrogen (secondary N) is 2. The molecular weight excluding hydrogens is 364 g/mol. The number of carbonyl (C=O) groups is 1. The van der Waals surface area contributed by atoms with Crippen LogP contribution in [0.3, 0.4) is 0 Å². The number of amides is 1. The van der Waals surface area contributed by atoms with Crippen molar-refractivity contribution in [2.75, 3.05) is 0 Å². The Kier molecular flexibility index (Phi) is 4.72. The maximum Gasteiger partial charge on any atom is 0.267 e. The van der Waals surface area contributed by atoms with Crippen molar-refractivity contribution in [2.24, 2.45) is 0 Å². The van der Waals surface area contributed by atoms with Crippen molar-refractivity contribution in [3.63, 3.8) is 0 Å². The zero-order chi connectivity index (χ0) is 19.5. The number of ether oxygens (including phenoxy) is 1. The molecule has 0 radical (unpaired) electrons. The van der Waals surface area contributed by atoms with Gasteiger partial charge in [0.2, 0.25) is 5.88 Å². The van der Waals surface area contributed by atoms with Crippen LogP contribution in [0.25, 0.3) is 10.9 Å². The molecule has 140 valence electrons. The van der Waals surface area contributed by atoms with Crippen molar-refractivity contribution < 1.29 is 18.3 Å². The molecule has 0 aliphatic heterocycles. The van der Waals surface area contributed by atoms with E-state index < -0.39 is 5.82 Å². The normalized spacial score (nSPS) is 10.8. The van der Waals surface area contributed by atoms with Crippen molar-refractivity contribution in [2.45, 2.75) is 6.54 Å². The molecule has 2 aromatic carbocycles. The second-order valence-corrected chi connectivity index (χ2v) is 6.13. The van der Waals surface area contributed by atoms with Crippen LogP contribution in [-0.2, 0) is 6.54 Å². The van der Waals surface area contributed by atoms with Crippen molar-refractivity contribution >= 4 is 16.8 Å². The summed E-state index contributed by atoms with van der Waals surface area (Å²) < 4.78 is 32.4. The Labute approximate surface area is 159 Å². The Morgan fingerprint density at radius 2 is 1.93 bits per heavy atom. The summed E-state index contributed by atoms with van der Waals surface area (Å²) in [5, 5.41) is 3.12. The molecule has 0 saturated heterocycles. The molecule has 0 saturated carbocycles. The Morgan fingerprint density at radius 1 is 1.07 bits per heavy atom. The molecule has 5 nitrogen and oxygen atoms in total. The first-order chi connectivity index (χ1) is 13.6. The number of carbonyl (C=O) groups excluding carboxylic acids is 1. The summed E-state index contributed by atoms with van der Waals surface area (Å²) in [5.74, 6) is -0.471. The number of halogens is 2. The number of benzene rings is 2. The van der Waals surface area contributed by atoms with Crippen LogP contribution in [-0.4, -0.2) is 15.9 Å². The summed E-state index contributed by atoms with van der Waals surface area (Å²) in [6.45, 7) is 0.240. The van der Waals surface area contributed by atoms with E-state index in [4.69, 9.17) is 4.74 Å². The van der Waals surface area contributed by atoms with Crippen LogP contribution >= 0.6 is 0 Å². The van der Waals surface area contributed by atoms with Crippen molar-refractivity contribution in [3.05, 3.63) is 89.8 Å². The molecule has 0 atom stereocenters. The highest BCUT2D eigenvalue weighted by atomic mass is 19.1. The zero-order valence-corrected chi connectivity index (χ0v) is 14.6. The second-order valence-electron chi connectivity index (χ2n) is 6.13. The van der Waals surface area contributed by atoms with Crippen LogP contribution in [0.1, 0.15) is 16.1 Å². The largest absolute Gasteiger partial charge is 0.439 e. The van der Waals surface area contributed by atoms with Gasteiger partial charge in [-0.2, -0.15) is 0 Å². The third-order valence-corrected chi connectivity index (χ3v) is 4.12. The van der Waals surface area contributed by atoms with Gasteiger partial charge in [0.15, 0.2) is 0 Å². The molecule has 2 N–H and O–H groups in total. The summed E-state index contributed by atoms with van der Waals surface area (Å²) in [5.41, 5.74) is 1.59. The standard InChI is InChI=1S/C21H15F2N3O2/c22-14-3-1-4-15(9-14)28-20-8-7-13(11-24-20)12-25-21(27)19-10-16-17(23)5-2-6-18(16)26-19/h1-11,26H,12H2,(H,25,27). The van der Waals surface area contributed by atoms with Gasteiger partial charge < -0.3 is 15.0 Å². The van der Waals surface area contributed by atoms with Gasteiger partial charge in [0.1, 0.15) is 23.1 Å². The molecule has 0 aliphatic rings. The molecule has 2 aromatic heterocycles. The first-order valence-electron chi connectivity index (χ1n) is 8.52. The third kappa shape index (κ3) is 3.83. The van der Waals surface area contributed by atoms with Gasteiger partial charge in [-0.25, -0.2) is 13.8 Å². The fraction of sp³-hybridized carbons (Fsp3) is 0.0476. The van der Waals surface area contributed by atoms with E-state index in [0.717, 1.165) is 5.56 Å². The molecule has 2 heterocycles. The quantitative estimate of drug-likeness (QED) is 0.534. The molecular formula is C21H15F2N3O2. The number of rotatable bonds is 5. The van der Waals surface area contributed by atoms with Crippen molar-refractivity contribution in [1.82, 2.24) is 15.3 Å². The molecule has 4 rings (SSSR count). The number of aromatic nitrogens is 2. The van der Waals surface area contributed by atoms with Crippen LogP contribution < -0.4 is 10.1 Å². The minimum Gasteiger partial charge on any atom is -0.439 e. The minimum absolute atomic E-state index is 0.240. The predicted molar refractivity (Wildman–Crippen MR) is 100 cm³/mol. The average molecular weight is 379 g/mol. The monoisotopic (exact) mass is 379 g/mol. The molecule has 7 heteroatoms. The van der Waals surface area contributed by atoms with E-state index in [9.17, 15) is 13.6 Å². The number of nitrogens with zero attached hydrogens (tertiary/aromatic N) is 1. The number of aromatic amines is 1. The molecule has 1 amide bonds. The average Bonchev–Trinajstić information content (AvgIpc) is 3.13. The first-order valence-corrected chi connectivity index (χ1v) is 8.52. The van der Waals surface area contributed by atoms with Crippen LogP contribution in [0.4, 0.5) is 8.78 Å². The van der Waals surface area contributed by atoms with Gasteiger partial charge in [-0.15, -0.1) is 0 Å². The van der Waals surface area contributed by atoms with E-state index in [1.54, 1.807) is 42.6 Å². The predicted octanol–water partition coefficient (Wildman–Crippen LogP) is 4.56. The highest BCUT2D eigenvalue weighted by Crippen LogP contribution is 2.20. The lowest BCUT2D eigenvalue weighted by Crippen LogP contribution is -2.23.